The topological polar surface area (TPSA) is 215 Å². The van der Waals surface area contributed by atoms with E-state index < -0.39 is 72.5 Å². The van der Waals surface area contributed by atoms with Crippen molar-refractivity contribution in [1.82, 2.24) is 9.80 Å². The Morgan fingerprint density at radius 1 is 0.614 bits per heavy atom. The molecule has 2 amide bonds. The molecule has 0 aliphatic heterocycles. The Labute approximate surface area is 254 Å². The quantitative estimate of drug-likeness (QED) is 0.132. The number of benzene rings is 2. The van der Waals surface area contributed by atoms with Crippen molar-refractivity contribution in [2.75, 3.05) is 14.1 Å². The number of ether oxygens (including phenoxy) is 2. The third kappa shape index (κ3) is 9.54. The number of hydrogen-bond donors (Lipinski definition) is 6. The monoisotopic (exact) mass is 620 g/mol. The highest BCUT2D eigenvalue weighted by Crippen LogP contribution is 2.20. The molecule has 2 rings (SSSR count). The van der Waals surface area contributed by atoms with Crippen LogP contribution in [0.1, 0.15) is 25.0 Å². The molecule has 14 nitrogen and oxygen atoms in total. The summed E-state index contributed by atoms with van der Waals surface area (Å²) < 4.78 is 11.4. The van der Waals surface area contributed by atoms with Gasteiger partial charge in [-0.05, 0) is 25.0 Å². The fraction of sp³-hybridized carbons (Fsp3) is 0.467. The van der Waals surface area contributed by atoms with Crippen LogP contribution >= 0.6 is 0 Å². The SMILES string of the molecule is CC(O)C(C(=O)O)N(C)C(=O)[C@H](OCc1ccccc1)[C@H](O)[C@@H](O)[C@@H](OCc1ccccc1)C(=O)N(C)C(C(=O)O)C(C)O. The van der Waals surface area contributed by atoms with Crippen molar-refractivity contribution < 1.29 is 59.3 Å². The Balaban J connectivity index is 2.50. The van der Waals surface area contributed by atoms with Crippen molar-refractivity contribution in [2.45, 2.75) is 75.8 Å². The molecule has 8 atom stereocenters. The number of rotatable bonds is 17. The summed E-state index contributed by atoms with van der Waals surface area (Å²) >= 11 is 0. The van der Waals surface area contributed by atoms with Crippen LogP contribution in [0, 0.1) is 0 Å². The Morgan fingerprint density at radius 3 is 1.16 bits per heavy atom. The summed E-state index contributed by atoms with van der Waals surface area (Å²) in [6.45, 7) is 1.73. The van der Waals surface area contributed by atoms with Gasteiger partial charge in [-0.2, -0.15) is 0 Å². The first kappa shape index (κ1) is 36.3. The van der Waals surface area contributed by atoms with E-state index in [4.69, 9.17) is 9.47 Å². The Kier molecular flexibility index (Phi) is 13.8. The number of carboxylic acids is 2. The summed E-state index contributed by atoms with van der Waals surface area (Å²) in [5.74, 6) is -5.38. The van der Waals surface area contributed by atoms with E-state index in [1.807, 2.05) is 0 Å². The molecule has 44 heavy (non-hydrogen) atoms. The van der Waals surface area contributed by atoms with Gasteiger partial charge in [-0.15, -0.1) is 0 Å². The second-order valence-electron chi connectivity index (χ2n) is 10.4. The number of carboxylic acid groups (broad SMARTS) is 2. The van der Waals surface area contributed by atoms with Crippen molar-refractivity contribution in [3.05, 3.63) is 71.8 Å². The summed E-state index contributed by atoms with van der Waals surface area (Å²) in [5.41, 5.74) is 1.10. The number of hydrogen-bond acceptors (Lipinski definition) is 10. The minimum atomic E-state index is -2.23. The molecule has 0 aliphatic rings. The van der Waals surface area contributed by atoms with Crippen molar-refractivity contribution >= 4 is 23.8 Å². The van der Waals surface area contributed by atoms with E-state index in [1.165, 1.54) is 0 Å². The number of likely N-dealkylation sites (N-methyl/N-ethyl adjacent to an activating group) is 2. The average Bonchev–Trinajstić information content (AvgIpc) is 2.97. The summed E-state index contributed by atoms with van der Waals surface area (Å²) in [5, 5.41) is 61.9. The maximum Gasteiger partial charge on any atom is 0.329 e. The molecule has 6 N–H and O–H groups in total. The molecule has 0 bridgehead atoms. The molecule has 14 heteroatoms. The predicted octanol–water partition coefficient (Wildman–Crippen LogP) is -0.536. The maximum atomic E-state index is 13.6. The molecule has 0 saturated carbocycles. The van der Waals surface area contributed by atoms with Crippen molar-refractivity contribution in [3.8, 4) is 0 Å². The first-order chi connectivity index (χ1) is 20.7. The second kappa shape index (κ2) is 16.8. The van der Waals surface area contributed by atoms with Crippen LogP contribution in [0.3, 0.4) is 0 Å². The number of carbonyl (C=O) groups excluding carboxylic acids is 2. The van der Waals surface area contributed by atoms with Gasteiger partial charge in [-0.1, -0.05) is 60.7 Å². The minimum absolute atomic E-state index is 0.284. The number of aliphatic carboxylic acids is 2. The molecule has 0 aliphatic carbocycles. The molecule has 0 heterocycles. The number of carbonyl (C=O) groups is 4. The van der Waals surface area contributed by atoms with Gasteiger partial charge in [0.05, 0.1) is 25.4 Å². The van der Waals surface area contributed by atoms with Crippen molar-refractivity contribution in [3.63, 3.8) is 0 Å². The normalized spacial score (nSPS) is 16.8. The zero-order valence-corrected chi connectivity index (χ0v) is 24.8. The molecule has 0 saturated heterocycles. The standard InChI is InChI=1S/C30H40N2O12/c1-17(33)21(29(39)40)31(3)27(37)25(43-15-19-11-7-5-8-12-19)23(35)24(36)26(44-16-20-13-9-6-10-14-20)28(38)32(4)22(18(2)34)30(41)42/h5-14,17-18,21-26,33-36H,15-16H2,1-4H3,(H,39,40)(H,41,42)/t17?,18?,21?,22?,23-,24-,25-,26-/m1/s1. The second-order valence-corrected chi connectivity index (χ2v) is 10.4. The van der Waals surface area contributed by atoms with Crippen LogP contribution in [0.2, 0.25) is 0 Å². The van der Waals surface area contributed by atoms with Crippen molar-refractivity contribution in [2.24, 2.45) is 0 Å². The lowest BCUT2D eigenvalue weighted by molar-refractivity contribution is -0.184. The lowest BCUT2D eigenvalue weighted by atomic mass is 9.98. The molecular weight excluding hydrogens is 580 g/mol. The third-order valence-electron chi connectivity index (χ3n) is 6.95. The molecule has 0 aromatic heterocycles. The Bertz CT molecular complexity index is 1130. The number of aliphatic hydroxyl groups is 4. The lowest BCUT2D eigenvalue weighted by Crippen LogP contribution is -2.60. The first-order valence-electron chi connectivity index (χ1n) is 13.7. The highest BCUT2D eigenvalue weighted by Gasteiger charge is 2.46. The molecule has 242 valence electrons. The van der Waals surface area contributed by atoms with Crippen LogP contribution in [-0.4, -0.2) is 127 Å². The van der Waals surface area contributed by atoms with Crippen LogP contribution in [0.25, 0.3) is 0 Å². The van der Waals surface area contributed by atoms with Gasteiger partial charge in [0, 0.05) is 14.1 Å². The lowest BCUT2D eigenvalue weighted by Gasteiger charge is -2.36. The van der Waals surface area contributed by atoms with Gasteiger partial charge in [0.15, 0.2) is 24.3 Å². The zero-order chi connectivity index (χ0) is 33.1. The molecule has 0 fully saturated rings. The van der Waals surface area contributed by atoms with Crippen LogP contribution < -0.4 is 0 Å². The van der Waals surface area contributed by atoms with Gasteiger partial charge in [0.1, 0.15) is 12.2 Å². The van der Waals surface area contributed by atoms with E-state index in [1.54, 1.807) is 60.7 Å². The van der Waals surface area contributed by atoms with Crippen LogP contribution in [0.5, 0.6) is 0 Å². The highest BCUT2D eigenvalue weighted by atomic mass is 16.5. The summed E-state index contributed by atoms with van der Waals surface area (Å²) in [6.07, 6.45) is -11.5. The van der Waals surface area contributed by atoms with Gasteiger partial charge in [-0.25, -0.2) is 9.59 Å². The van der Waals surface area contributed by atoms with Gasteiger partial charge < -0.3 is 49.9 Å². The fourth-order valence-corrected chi connectivity index (χ4v) is 4.58. The summed E-state index contributed by atoms with van der Waals surface area (Å²) in [4.78, 5) is 52.0. The number of nitrogens with zero attached hydrogens (tertiary/aromatic N) is 2. The smallest absolute Gasteiger partial charge is 0.329 e. The largest absolute Gasteiger partial charge is 0.480 e. The van der Waals surface area contributed by atoms with Crippen molar-refractivity contribution in [1.29, 1.82) is 0 Å². The van der Waals surface area contributed by atoms with Crippen LogP contribution in [0.15, 0.2) is 60.7 Å². The van der Waals surface area contributed by atoms with E-state index in [0.29, 0.717) is 20.9 Å². The fourth-order valence-electron chi connectivity index (χ4n) is 4.58. The molecule has 0 radical (unpaired) electrons. The predicted molar refractivity (Wildman–Crippen MR) is 154 cm³/mol. The molecular formula is C30H40N2O12. The van der Waals surface area contributed by atoms with E-state index in [-0.39, 0.29) is 13.2 Å². The minimum Gasteiger partial charge on any atom is -0.480 e. The Morgan fingerprint density at radius 2 is 0.909 bits per heavy atom. The number of aliphatic hydroxyl groups excluding tert-OH is 4. The van der Waals surface area contributed by atoms with Crippen LogP contribution in [-0.2, 0) is 41.9 Å². The highest BCUT2D eigenvalue weighted by molar-refractivity contribution is 5.88. The molecule has 2 aromatic rings. The van der Waals surface area contributed by atoms with E-state index in [2.05, 4.69) is 0 Å². The Hall–Kier alpha value is -3.92. The first-order valence-corrected chi connectivity index (χ1v) is 13.7. The van der Waals surface area contributed by atoms with Crippen LogP contribution in [0.4, 0.5) is 0 Å². The van der Waals surface area contributed by atoms with E-state index in [0.717, 1.165) is 27.9 Å². The summed E-state index contributed by atoms with van der Waals surface area (Å²) in [7, 11) is 2.13. The van der Waals surface area contributed by atoms with Gasteiger partial charge in [-0.3, -0.25) is 9.59 Å². The molecule has 0 spiro atoms. The third-order valence-corrected chi connectivity index (χ3v) is 6.95. The molecule has 2 aromatic carbocycles. The molecule has 4 unspecified atom stereocenters. The average molecular weight is 621 g/mol. The van der Waals surface area contributed by atoms with E-state index >= 15 is 0 Å². The van der Waals surface area contributed by atoms with E-state index in [9.17, 15) is 49.8 Å². The number of amides is 2. The zero-order valence-electron chi connectivity index (χ0n) is 24.8. The summed E-state index contributed by atoms with van der Waals surface area (Å²) in [6, 6.07) is 13.3. The van der Waals surface area contributed by atoms with Gasteiger partial charge >= 0.3 is 11.9 Å². The maximum absolute atomic E-state index is 13.6. The van der Waals surface area contributed by atoms with Gasteiger partial charge in [0.2, 0.25) is 0 Å². The van der Waals surface area contributed by atoms with Gasteiger partial charge in [0.25, 0.3) is 11.8 Å².